The maximum absolute atomic E-state index is 12.9. The second-order valence-corrected chi connectivity index (χ2v) is 5.44. The molecule has 0 saturated carbocycles. The summed E-state index contributed by atoms with van der Waals surface area (Å²) >= 11 is 0. The molecule has 2 heterocycles. The Bertz CT molecular complexity index is 836. The van der Waals surface area contributed by atoms with E-state index in [0.29, 0.717) is 12.1 Å². The summed E-state index contributed by atoms with van der Waals surface area (Å²) in [5.74, 6) is -0.747. The van der Waals surface area contributed by atoms with Gasteiger partial charge in [0, 0.05) is 24.5 Å². The Morgan fingerprint density at radius 1 is 1.28 bits per heavy atom. The van der Waals surface area contributed by atoms with Gasteiger partial charge in [0.2, 0.25) is 0 Å². The van der Waals surface area contributed by atoms with Gasteiger partial charge in [0.15, 0.2) is 5.69 Å². The van der Waals surface area contributed by atoms with E-state index in [1.807, 2.05) is 0 Å². The Morgan fingerprint density at radius 3 is 2.80 bits per heavy atom. The van der Waals surface area contributed by atoms with Gasteiger partial charge in [-0.25, -0.2) is 9.07 Å². The van der Waals surface area contributed by atoms with Crippen molar-refractivity contribution in [2.24, 2.45) is 0 Å². The Morgan fingerprint density at radius 2 is 2.08 bits per heavy atom. The number of carbonyl (C=O) groups is 1. The van der Waals surface area contributed by atoms with E-state index in [1.165, 1.54) is 29.2 Å². The van der Waals surface area contributed by atoms with Gasteiger partial charge < -0.3 is 10.4 Å². The quantitative estimate of drug-likeness (QED) is 0.705. The topological polar surface area (TPSA) is 92.9 Å². The number of amides is 1. The molecule has 0 saturated heterocycles. The van der Waals surface area contributed by atoms with Crippen LogP contribution in [0.1, 0.15) is 27.7 Å². The highest BCUT2D eigenvalue weighted by Gasteiger charge is 2.14. The van der Waals surface area contributed by atoms with Gasteiger partial charge in [-0.2, -0.15) is 0 Å². The molecule has 0 spiro atoms. The third-order valence-corrected chi connectivity index (χ3v) is 3.55. The molecule has 0 bridgehead atoms. The van der Waals surface area contributed by atoms with Crippen LogP contribution in [0.5, 0.6) is 0 Å². The van der Waals surface area contributed by atoms with Gasteiger partial charge in [-0.15, -0.1) is 5.10 Å². The summed E-state index contributed by atoms with van der Waals surface area (Å²) in [6, 6.07) is 9.44. The standard InChI is InChI=1S/C17H16FN5O2/c18-14-5-3-12(4-6-14)10-23-11-15(21-22-23)17(25)20-9-16(24)13-2-1-7-19-8-13/h1-8,11,16,24H,9-10H2,(H,20,25). The lowest BCUT2D eigenvalue weighted by molar-refractivity contribution is 0.0911. The first-order valence-electron chi connectivity index (χ1n) is 7.62. The Balaban J connectivity index is 1.56. The summed E-state index contributed by atoms with van der Waals surface area (Å²) in [5.41, 5.74) is 1.59. The van der Waals surface area contributed by atoms with E-state index in [0.717, 1.165) is 5.56 Å². The van der Waals surface area contributed by atoms with Crippen LogP contribution in [0.15, 0.2) is 55.0 Å². The SMILES string of the molecule is O=C(NCC(O)c1cccnc1)c1cn(Cc2ccc(F)cc2)nn1. The summed E-state index contributed by atoms with van der Waals surface area (Å²) in [5, 5.41) is 20.3. The molecule has 25 heavy (non-hydrogen) atoms. The number of aliphatic hydroxyl groups excluding tert-OH is 1. The number of hydrogen-bond acceptors (Lipinski definition) is 5. The van der Waals surface area contributed by atoms with Crippen LogP contribution in [0.2, 0.25) is 0 Å². The summed E-state index contributed by atoms with van der Waals surface area (Å²) in [6.45, 7) is 0.411. The van der Waals surface area contributed by atoms with Gasteiger partial charge >= 0.3 is 0 Å². The molecular weight excluding hydrogens is 325 g/mol. The van der Waals surface area contributed by atoms with Crippen molar-refractivity contribution < 1.29 is 14.3 Å². The fraction of sp³-hybridized carbons (Fsp3) is 0.176. The minimum Gasteiger partial charge on any atom is -0.387 e. The molecule has 2 N–H and O–H groups in total. The smallest absolute Gasteiger partial charge is 0.273 e. The predicted molar refractivity (Wildman–Crippen MR) is 87.1 cm³/mol. The Kier molecular flexibility index (Phi) is 5.10. The van der Waals surface area contributed by atoms with E-state index in [4.69, 9.17) is 0 Å². The summed E-state index contributed by atoms with van der Waals surface area (Å²) in [7, 11) is 0. The van der Waals surface area contributed by atoms with Gasteiger partial charge in [0.25, 0.3) is 5.91 Å². The first kappa shape index (κ1) is 16.7. The van der Waals surface area contributed by atoms with E-state index in [2.05, 4.69) is 20.6 Å². The van der Waals surface area contributed by atoms with Gasteiger partial charge in [-0.05, 0) is 23.8 Å². The third-order valence-electron chi connectivity index (χ3n) is 3.55. The molecule has 3 aromatic rings. The lowest BCUT2D eigenvalue weighted by Crippen LogP contribution is -2.28. The summed E-state index contributed by atoms with van der Waals surface area (Å²) in [6.07, 6.45) is 3.78. The minimum absolute atomic E-state index is 0.0371. The predicted octanol–water partition coefficient (Wildman–Crippen LogP) is 1.32. The van der Waals surface area contributed by atoms with Gasteiger partial charge in [0.1, 0.15) is 5.82 Å². The van der Waals surface area contributed by atoms with Crippen molar-refractivity contribution in [3.05, 3.63) is 77.6 Å². The van der Waals surface area contributed by atoms with Crippen molar-refractivity contribution in [1.29, 1.82) is 0 Å². The number of pyridine rings is 1. The maximum atomic E-state index is 12.9. The molecule has 1 amide bonds. The van der Waals surface area contributed by atoms with Crippen LogP contribution in [0.25, 0.3) is 0 Å². The molecule has 3 rings (SSSR count). The third kappa shape index (κ3) is 4.45. The monoisotopic (exact) mass is 341 g/mol. The van der Waals surface area contributed by atoms with Crippen molar-refractivity contribution in [3.63, 3.8) is 0 Å². The number of benzene rings is 1. The van der Waals surface area contributed by atoms with E-state index in [9.17, 15) is 14.3 Å². The number of hydrogen-bond donors (Lipinski definition) is 2. The second kappa shape index (κ2) is 7.63. The number of aliphatic hydroxyl groups is 1. The fourth-order valence-corrected chi connectivity index (χ4v) is 2.23. The van der Waals surface area contributed by atoms with Crippen LogP contribution in [0.3, 0.4) is 0 Å². The van der Waals surface area contributed by atoms with Gasteiger partial charge in [-0.1, -0.05) is 23.4 Å². The van der Waals surface area contributed by atoms with E-state index in [1.54, 1.807) is 30.5 Å². The van der Waals surface area contributed by atoms with Crippen molar-refractivity contribution in [3.8, 4) is 0 Å². The Hall–Kier alpha value is -3.13. The number of carbonyl (C=O) groups excluding carboxylic acids is 1. The molecule has 2 aromatic heterocycles. The highest BCUT2D eigenvalue weighted by Crippen LogP contribution is 2.09. The van der Waals surface area contributed by atoms with E-state index >= 15 is 0 Å². The van der Waals surface area contributed by atoms with Crippen LogP contribution in [0, 0.1) is 5.82 Å². The largest absolute Gasteiger partial charge is 0.387 e. The van der Waals surface area contributed by atoms with Crippen molar-refractivity contribution in [1.82, 2.24) is 25.3 Å². The summed E-state index contributed by atoms with van der Waals surface area (Å²) < 4.78 is 14.4. The molecule has 0 aliphatic heterocycles. The van der Waals surface area contributed by atoms with Crippen LogP contribution in [0.4, 0.5) is 4.39 Å². The highest BCUT2D eigenvalue weighted by atomic mass is 19.1. The molecular formula is C17H16FN5O2. The average Bonchev–Trinajstić information content (AvgIpc) is 3.10. The van der Waals surface area contributed by atoms with Crippen LogP contribution in [-0.4, -0.2) is 37.5 Å². The first-order chi connectivity index (χ1) is 12.1. The van der Waals surface area contributed by atoms with Gasteiger partial charge in [-0.3, -0.25) is 9.78 Å². The molecule has 7 nitrogen and oxygen atoms in total. The van der Waals surface area contributed by atoms with E-state index < -0.39 is 12.0 Å². The molecule has 1 aromatic carbocycles. The number of nitrogens with zero attached hydrogens (tertiary/aromatic N) is 4. The van der Waals surface area contributed by atoms with Crippen molar-refractivity contribution in [2.45, 2.75) is 12.6 Å². The van der Waals surface area contributed by atoms with Crippen molar-refractivity contribution >= 4 is 5.91 Å². The zero-order valence-corrected chi connectivity index (χ0v) is 13.2. The molecule has 0 aliphatic rings. The zero-order chi connectivity index (χ0) is 17.6. The normalized spacial score (nSPS) is 11.9. The van der Waals surface area contributed by atoms with Crippen molar-refractivity contribution in [2.75, 3.05) is 6.54 Å². The average molecular weight is 341 g/mol. The maximum Gasteiger partial charge on any atom is 0.273 e. The number of aromatic nitrogens is 4. The van der Waals surface area contributed by atoms with Crippen LogP contribution < -0.4 is 5.32 Å². The highest BCUT2D eigenvalue weighted by molar-refractivity contribution is 5.91. The Labute approximate surface area is 143 Å². The van der Waals surface area contributed by atoms with Crippen LogP contribution >= 0.6 is 0 Å². The molecule has 128 valence electrons. The van der Waals surface area contributed by atoms with E-state index in [-0.39, 0.29) is 18.1 Å². The molecule has 1 atom stereocenters. The first-order valence-corrected chi connectivity index (χ1v) is 7.62. The fourth-order valence-electron chi connectivity index (χ4n) is 2.23. The summed E-state index contributed by atoms with van der Waals surface area (Å²) in [4.78, 5) is 16.0. The number of nitrogens with one attached hydrogen (secondary N) is 1. The molecule has 0 fully saturated rings. The zero-order valence-electron chi connectivity index (χ0n) is 13.2. The number of halogens is 1. The molecule has 8 heteroatoms. The minimum atomic E-state index is -0.855. The molecule has 0 radical (unpaired) electrons. The lowest BCUT2D eigenvalue weighted by atomic mass is 10.1. The molecule has 0 aliphatic carbocycles. The van der Waals surface area contributed by atoms with Gasteiger partial charge in [0.05, 0.1) is 18.8 Å². The van der Waals surface area contributed by atoms with Crippen LogP contribution in [-0.2, 0) is 6.54 Å². The number of rotatable bonds is 6. The molecule has 1 unspecified atom stereocenters. The lowest BCUT2D eigenvalue weighted by Gasteiger charge is -2.10. The second-order valence-electron chi connectivity index (χ2n) is 5.44.